The fourth-order valence-electron chi connectivity index (χ4n) is 4.02. The summed E-state index contributed by atoms with van der Waals surface area (Å²) in [7, 11) is 0. The van der Waals surface area contributed by atoms with E-state index in [0.29, 0.717) is 5.56 Å². The predicted octanol–water partition coefficient (Wildman–Crippen LogP) is 3.69. The standard InChI is InChI=1S/C27H30N4O2/c1-21-6-5-9-23(18-21)27(33)28-19-26(32)29-24-10-12-25(13-11-24)31-16-14-30(15-17-31)20-22-7-3-2-4-8-22/h2-13,18H,14-17,19-20H2,1H3,(H,28,33)(H,29,32). The molecule has 0 aliphatic carbocycles. The van der Waals surface area contributed by atoms with Gasteiger partial charge in [0.2, 0.25) is 5.91 Å². The summed E-state index contributed by atoms with van der Waals surface area (Å²) in [6.07, 6.45) is 0. The first-order valence-electron chi connectivity index (χ1n) is 11.3. The van der Waals surface area contributed by atoms with E-state index in [9.17, 15) is 9.59 Å². The summed E-state index contributed by atoms with van der Waals surface area (Å²) >= 11 is 0. The first-order valence-corrected chi connectivity index (χ1v) is 11.3. The van der Waals surface area contributed by atoms with Crippen LogP contribution >= 0.6 is 0 Å². The topological polar surface area (TPSA) is 64.7 Å². The number of anilines is 2. The van der Waals surface area contributed by atoms with Gasteiger partial charge in [0.1, 0.15) is 0 Å². The average molecular weight is 443 g/mol. The van der Waals surface area contributed by atoms with E-state index in [1.165, 1.54) is 5.56 Å². The summed E-state index contributed by atoms with van der Waals surface area (Å²) in [4.78, 5) is 29.3. The lowest BCUT2D eigenvalue weighted by Crippen LogP contribution is -2.45. The van der Waals surface area contributed by atoms with Crippen LogP contribution in [0.1, 0.15) is 21.5 Å². The number of amides is 2. The van der Waals surface area contributed by atoms with Gasteiger partial charge in [-0.25, -0.2) is 0 Å². The molecule has 1 aliphatic rings. The minimum atomic E-state index is -0.254. The molecule has 0 radical (unpaired) electrons. The van der Waals surface area contributed by atoms with Crippen molar-refractivity contribution < 1.29 is 9.59 Å². The van der Waals surface area contributed by atoms with Crippen LogP contribution in [0, 0.1) is 6.92 Å². The van der Waals surface area contributed by atoms with E-state index in [1.54, 1.807) is 12.1 Å². The van der Waals surface area contributed by atoms with Gasteiger partial charge in [-0.3, -0.25) is 14.5 Å². The highest BCUT2D eigenvalue weighted by molar-refractivity contribution is 5.99. The Hall–Kier alpha value is -3.64. The second-order valence-electron chi connectivity index (χ2n) is 8.40. The lowest BCUT2D eigenvalue weighted by molar-refractivity contribution is -0.115. The molecule has 2 N–H and O–H groups in total. The summed E-state index contributed by atoms with van der Waals surface area (Å²) in [6.45, 7) is 6.84. The van der Waals surface area contributed by atoms with Gasteiger partial charge in [0, 0.05) is 49.7 Å². The Kier molecular flexibility index (Phi) is 7.37. The maximum absolute atomic E-state index is 12.2. The Morgan fingerprint density at radius 2 is 1.58 bits per heavy atom. The number of aryl methyl sites for hydroxylation is 1. The summed E-state index contributed by atoms with van der Waals surface area (Å²) < 4.78 is 0. The van der Waals surface area contributed by atoms with Crippen molar-refractivity contribution in [2.75, 3.05) is 42.9 Å². The fourth-order valence-corrected chi connectivity index (χ4v) is 4.02. The Morgan fingerprint density at radius 3 is 2.27 bits per heavy atom. The van der Waals surface area contributed by atoms with Gasteiger partial charge in [-0.2, -0.15) is 0 Å². The summed E-state index contributed by atoms with van der Waals surface area (Å²) in [5, 5.41) is 5.51. The van der Waals surface area contributed by atoms with Crippen LogP contribution in [0.3, 0.4) is 0 Å². The molecular formula is C27H30N4O2. The van der Waals surface area contributed by atoms with Crippen LogP contribution in [0.4, 0.5) is 11.4 Å². The van der Waals surface area contributed by atoms with Gasteiger partial charge >= 0.3 is 0 Å². The third-order valence-electron chi connectivity index (χ3n) is 5.83. The van der Waals surface area contributed by atoms with Crippen LogP contribution in [-0.2, 0) is 11.3 Å². The van der Waals surface area contributed by atoms with Gasteiger partial charge in [0.05, 0.1) is 6.54 Å². The summed E-state index contributed by atoms with van der Waals surface area (Å²) in [5.74, 6) is -0.506. The Morgan fingerprint density at radius 1 is 0.848 bits per heavy atom. The lowest BCUT2D eigenvalue weighted by Gasteiger charge is -2.36. The number of hydrogen-bond donors (Lipinski definition) is 2. The van der Waals surface area contributed by atoms with Crippen LogP contribution in [0.15, 0.2) is 78.9 Å². The average Bonchev–Trinajstić information content (AvgIpc) is 2.84. The molecule has 0 bridgehead atoms. The van der Waals surface area contributed by atoms with Crippen molar-refractivity contribution in [1.82, 2.24) is 10.2 Å². The van der Waals surface area contributed by atoms with Crippen LogP contribution < -0.4 is 15.5 Å². The zero-order chi connectivity index (χ0) is 23.0. The molecule has 0 unspecified atom stereocenters. The molecule has 6 nitrogen and oxygen atoms in total. The quantitative estimate of drug-likeness (QED) is 0.586. The molecule has 1 fully saturated rings. The molecule has 170 valence electrons. The Labute approximate surface area is 195 Å². The molecular weight excluding hydrogens is 412 g/mol. The number of hydrogen-bond acceptors (Lipinski definition) is 4. The van der Waals surface area contributed by atoms with E-state index < -0.39 is 0 Å². The number of carbonyl (C=O) groups is 2. The Bertz CT molecular complexity index is 1070. The van der Waals surface area contributed by atoms with Gasteiger partial charge in [0.25, 0.3) is 5.91 Å². The maximum Gasteiger partial charge on any atom is 0.251 e. The van der Waals surface area contributed by atoms with Gasteiger partial charge in [-0.1, -0.05) is 48.0 Å². The smallest absolute Gasteiger partial charge is 0.251 e. The molecule has 1 aliphatic heterocycles. The summed E-state index contributed by atoms with van der Waals surface area (Å²) in [6, 6.07) is 25.8. The lowest BCUT2D eigenvalue weighted by atomic mass is 10.1. The zero-order valence-corrected chi connectivity index (χ0v) is 19.0. The minimum absolute atomic E-state index is 0.0715. The predicted molar refractivity (Wildman–Crippen MR) is 133 cm³/mol. The maximum atomic E-state index is 12.2. The first kappa shape index (κ1) is 22.6. The fraction of sp³-hybridized carbons (Fsp3) is 0.259. The van der Waals surface area contributed by atoms with Crippen molar-refractivity contribution in [3.63, 3.8) is 0 Å². The van der Waals surface area contributed by atoms with Crippen molar-refractivity contribution in [1.29, 1.82) is 0 Å². The molecule has 0 atom stereocenters. The van der Waals surface area contributed by atoms with Crippen molar-refractivity contribution >= 4 is 23.2 Å². The van der Waals surface area contributed by atoms with E-state index in [2.05, 4.69) is 50.8 Å². The molecule has 3 aromatic rings. The third-order valence-corrected chi connectivity index (χ3v) is 5.83. The molecule has 2 amide bonds. The third kappa shape index (κ3) is 6.43. The summed E-state index contributed by atoms with van der Waals surface area (Å²) in [5.41, 5.74) is 4.78. The second kappa shape index (κ2) is 10.8. The number of nitrogens with zero attached hydrogens (tertiary/aromatic N) is 2. The van der Waals surface area contributed by atoms with E-state index in [4.69, 9.17) is 0 Å². The SMILES string of the molecule is Cc1cccc(C(=O)NCC(=O)Nc2ccc(N3CCN(Cc4ccccc4)CC3)cc2)c1. The number of piperazine rings is 1. The molecule has 0 aromatic heterocycles. The number of nitrogens with one attached hydrogen (secondary N) is 2. The largest absolute Gasteiger partial charge is 0.369 e. The van der Waals surface area contributed by atoms with Crippen LogP contribution in [0.25, 0.3) is 0 Å². The molecule has 4 rings (SSSR count). The molecule has 1 saturated heterocycles. The van der Waals surface area contributed by atoms with Crippen LogP contribution in [0.2, 0.25) is 0 Å². The monoisotopic (exact) mass is 442 g/mol. The molecule has 6 heteroatoms. The first-order chi connectivity index (χ1) is 16.1. The van der Waals surface area contributed by atoms with E-state index >= 15 is 0 Å². The molecule has 0 saturated carbocycles. The molecule has 33 heavy (non-hydrogen) atoms. The van der Waals surface area contributed by atoms with Crippen molar-refractivity contribution in [3.8, 4) is 0 Å². The van der Waals surface area contributed by atoms with Crippen molar-refractivity contribution in [2.24, 2.45) is 0 Å². The van der Waals surface area contributed by atoms with Gasteiger partial charge in [-0.05, 0) is 48.9 Å². The number of rotatable bonds is 7. The van der Waals surface area contributed by atoms with Gasteiger partial charge in [-0.15, -0.1) is 0 Å². The van der Waals surface area contributed by atoms with E-state index in [1.807, 2.05) is 43.3 Å². The van der Waals surface area contributed by atoms with Crippen LogP contribution in [0.5, 0.6) is 0 Å². The van der Waals surface area contributed by atoms with Gasteiger partial charge < -0.3 is 15.5 Å². The molecule has 0 spiro atoms. The normalized spacial score (nSPS) is 14.0. The highest BCUT2D eigenvalue weighted by Crippen LogP contribution is 2.20. The highest BCUT2D eigenvalue weighted by Gasteiger charge is 2.17. The van der Waals surface area contributed by atoms with E-state index in [0.717, 1.165) is 49.7 Å². The number of carbonyl (C=O) groups excluding carboxylic acids is 2. The molecule has 3 aromatic carbocycles. The van der Waals surface area contributed by atoms with E-state index in [-0.39, 0.29) is 18.4 Å². The van der Waals surface area contributed by atoms with Crippen molar-refractivity contribution in [3.05, 3.63) is 95.6 Å². The molecule has 1 heterocycles. The minimum Gasteiger partial charge on any atom is -0.369 e. The van der Waals surface area contributed by atoms with Crippen molar-refractivity contribution in [2.45, 2.75) is 13.5 Å². The number of benzene rings is 3. The second-order valence-corrected chi connectivity index (χ2v) is 8.40. The zero-order valence-electron chi connectivity index (χ0n) is 19.0. The Balaban J connectivity index is 1.22. The highest BCUT2D eigenvalue weighted by atomic mass is 16.2. The van der Waals surface area contributed by atoms with Crippen LogP contribution in [-0.4, -0.2) is 49.4 Å². The van der Waals surface area contributed by atoms with Gasteiger partial charge in [0.15, 0.2) is 0 Å².